The molecule has 0 spiro atoms. The van der Waals surface area contributed by atoms with Crippen molar-refractivity contribution in [1.82, 2.24) is 4.90 Å². The monoisotopic (exact) mass is 271 g/mol. The summed E-state index contributed by atoms with van der Waals surface area (Å²) in [5.41, 5.74) is 0. The summed E-state index contributed by atoms with van der Waals surface area (Å²) in [6.45, 7) is 9.45. The van der Waals surface area contributed by atoms with Gasteiger partial charge >= 0.3 is 5.97 Å². The molecule has 0 amide bonds. The minimum atomic E-state index is -0.0504. The molecule has 5 nitrogen and oxygen atoms in total. The van der Waals surface area contributed by atoms with Crippen molar-refractivity contribution in [2.24, 2.45) is 11.8 Å². The first kappa shape index (κ1) is 14.8. The Labute approximate surface area is 115 Å². The van der Waals surface area contributed by atoms with Gasteiger partial charge < -0.3 is 14.2 Å². The second-order valence-corrected chi connectivity index (χ2v) is 5.61. The molecule has 1 saturated carbocycles. The van der Waals surface area contributed by atoms with Gasteiger partial charge in [-0.1, -0.05) is 0 Å². The van der Waals surface area contributed by atoms with Crippen LogP contribution in [0.2, 0.25) is 0 Å². The highest BCUT2D eigenvalue weighted by molar-refractivity contribution is 5.75. The number of ether oxygens (including phenoxy) is 3. The van der Waals surface area contributed by atoms with E-state index in [1.807, 2.05) is 13.8 Å². The Morgan fingerprint density at radius 3 is 2.79 bits per heavy atom. The summed E-state index contributed by atoms with van der Waals surface area (Å²) in [7, 11) is 0. The second-order valence-electron chi connectivity index (χ2n) is 5.61. The van der Waals surface area contributed by atoms with Gasteiger partial charge in [0.05, 0.1) is 31.8 Å². The maximum Gasteiger partial charge on any atom is 0.309 e. The molecule has 110 valence electrons. The smallest absolute Gasteiger partial charge is 0.309 e. The van der Waals surface area contributed by atoms with Crippen LogP contribution in [0.3, 0.4) is 0 Å². The third-order valence-corrected chi connectivity index (χ3v) is 3.62. The van der Waals surface area contributed by atoms with Crippen LogP contribution < -0.4 is 0 Å². The zero-order chi connectivity index (χ0) is 13.7. The predicted octanol–water partition coefficient (Wildman–Crippen LogP) is 0.923. The van der Waals surface area contributed by atoms with E-state index < -0.39 is 0 Å². The second kappa shape index (κ2) is 7.22. The highest BCUT2D eigenvalue weighted by Crippen LogP contribution is 2.39. The Hall–Kier alpha value is -0.650. The van der Waals surface area contributed by atoms with Gasteiger partial charge in [0.1, 0.15) is 6.61 Å². The minimum absolute atomic E-state index is 0.0504. The van der Waals surface area contributed by atoms with Crippen LogP contribution in [0, 0.1) is 11.8 Å². The van der Waals surface area contributed by atoms with Gasteiger partial charge in [-0.05, 0) is 26.2 Å². The summed E-state index contributed by atoms with van der Waals surface area (Å²) in [6, 6.07) is 0. The largest absolute Gasteiger partial charge is 0.464 e. The lowest BCUT2D eigenvalue weighted by molar-refractivity contribution is -0.146. The van der Waals surface area contributed by atoms with E-state index in [1.54, 1.807) is 0 Å². The van der Waals surface area contributed by atoms with Crippen molar-refractivity contribution < 1.29 is 19.0 Å². The van der Waals surface area contributed by atoms with Crippen LogP contribution in [-0.4, -0.2) is 63.0 Å². The highest BCUT2D eigenvalue weighted by atomic mass is 16.5. The third-order valence-electron chi connectivity index (χ3n) is 3.62. The predicted molar refractivity (Wildman–Crippen MR) is 70.9 cm³/mol. The Morgan fingerprint density at radius 2 is 2.11 bits per heavy atom. The molecule has 1 heterocycles. The number of morpholine rings is 1. The fraction of sp³-hybridized carbons (Fsp3) is 0.929. The Balaban J connectivity index is 1.53. The van der Waals surface area contributed by atoms with E-state index in [9.17, 15) is 4.79 Å². The summed E-state index contributed by atoms with van der Waals surface area (Å²) in [5.74, 6) is 0.396. The van der Waals surface area contributed by atoms with Gasteiger partial charge in [-0.2, -0.15) is 0 Å². The average Bonchev–Trinajstić information content (AvgIpc) is 3.17. The van der Waals surface area contributed by atoms with Gasteiger partial charge in [0, 0.05) is 19.6 Å². The normalized spacial score (nSPS) is 27.5. The van der Waals surface area contributed by atoms with Crippen molar-refractivity contribution >= 4 is 5.97 Å². The van der Waals surface area contributed by atoms with Gasteiger partial charge in [0.15, 0.2) is 0 Å². The molecule has 0 aromatic carbocycles. The van der Waals surface area contributed by atoms with E-state index in [4.69, 9.17) is 14.2 Å². The van der Waals surface area contributed by atoms with Crippen LogP contribution in [0.25, 0.3) is 0 Å². The minimum Gasteiger partial charge on any atom is -0.464 e. The molecule has 2 fully saturated rings. The van der Waals surface area contributed by atoms with Gasteiger partial charge in [-0.25, -0.2) is 0 Å². The van der Waals surface area contributed by atoms with E-state index in [-0.39, 0.29) is 18.0 Å². The van der Waals surface area contributed by atoms with Crippen molar-refractivity contribution in [3.8, 4) is 0 Å². The first-order valence-electron chi connectivity index (χ1n) is 7.25. The molecule has 1 aliphatic heterocycles. The zero-order valence-electron chi connectivity index (χ0n) is 12.0. The molecule has 0 aromatic heterocycles. The Kier molecular flexibility index (Phi) is 5.60. The first-order chi connectivity index (χ1) is 9.16. The molecule has 2 aliphatic rings. The number of hydrogen-bond donors (Lipinski definition) is 0. The third kappa shape index (κ3) is 5.09. The lowest BCUT2D eigenvalue weighted by Gasteiger charge is -2.26. The summed E-state index contributed by atoms with van der Waals surface area (Å²) < 4.78 is 16.1. The SMILES string of the molecule is CC(C)OC[C@@H]1C[C@H]1C(=O)OCCN1CCOCC1. The van der Waals surface area contributed by atoms with E-state index in [1.165, 1.54) is 0 Å². The van der Waals surface area contributed by atoms with Crippen molar-refractivity contribution in [1.29, 1.82) is 0 Å². The standard InChI is InChI=1S/C14H25NO4/c1-11(2)19-10-12-9-13(12)14(16)18-8-5-15-3-6-17-7-4-15/h11-13H,3-10H2,1-2H3/t12-,13+/m0/s1. The fourth-order valence-corrected chi connectivity index (χ4v) is 2.24. The number of nitrogens with zero attached hydrogens (tertiary/aromatic N) is 1. The number of rotatable bonds is 7. The van der Waals surface area contributed by atoms with Gasteiger partial charge in [0.25, 0.3) is 0 Å². The molecular weight excluding hydrogens is 246 g/mol. The molecule has 5 heteroatoms. The van der Waals surface area contributed by atoms with Crippen molar-refractivity contribution in [2.45, 2.75) is 26.4 Å². The van der Waals surface area contributed by atoms with Crippen molar-refractivity contribution in [3.05, 3.63) is 0 Å². The summed E-state index contributed by atoms with van der Waals surface area (Å²) in [6.07, 6.45) is 1.15. The molecule has 19 heavy (non-hydrogen) atoms. The Bertz CT molecular complexity index is 289. The van der Waals surface area contributed by atoms with Gasteiger partial charge in [0.2, 0.25) is 0 Å². The molecular formula is C14H25NO4. The lowest BCUT2D eigenvalue weighted by Crippen LogP contribution is -2.38. The zero-order valence-corrected chi connectivity index (χ0v) is 12.0. The summed E-state index contributed by atoms with van der Waals surface area (Å²) in [4.78, 5) is 14.0. The van der Waals surface area contributed by atoms with Crippen LogP contribution in [0.1, 0.15) is 20.3 Å². The fourth-order valence-electron chi connectivity index (χ4n) is 2.24. The molecule has 0 aromatic rings. The van der Waals surface area contributed by atoms with E-state index >= 15 is 0 Å². The van der Waals surface area contributed by atoms with Gasteiger partial charge in [-0.3, -0.25) is 9.69 Å². The number of hydrogen-bond acceptors (Lipinski definition) is 5. The molecule has 0 unspecified atom stereocenters. The van der Waals surface area contributed by atoms with Crippen LogP contribution in [0.5, 0.6) is 0 Å². The molecule has 0 bridgehead atoms. The summed E-state index contributed by atoms with van der Waals surface area (Å²) >= 11 is 0. The number of carbonyl (C=O) groups is 1. The molecule has 0 radical (unpaired) electrons. The first-order valence-corrected chi connectivity index (χ1v) is 7.25. The molecule has 0 N–H and O–H groups in total. The number of carbonyl (C=O) groups excluding carboxylic acids is 1. The van der Waals surface area contributed by atoms with Crippen molar-refractivity contribution in [2.75, 3.05) is 46.1 Å². The van der Waals surface area contributed by atoms with Crippen LogP contribution >= 0.6 is 0 Å². The Morgan fingerprint density at radius 1 is 1.37 bits per heavy atom. The van der Waals surface area contributed by atoms with Gasteiger partial charge in [-0.15, -0.1) is 0 Å². The van der Waals surface area contributed by atoms with Crippen molar-refractivity contribution in [3.63, 3.8) is 0 Å². The van der Waals surface area contributed by atoms with Crippen LogP contribution in [-0.2, 0) is 19.0 Å². The van der Waals surface area contributed by atoms with Crippen LogP contribution in [0.15, 0.2) is 0 Å². The number of esters is 1. The quantitative estimate of drug-likeness (QED) is 0.645. The topological polar surface area (TPSA) is 48.0 Å². The average molecular weight is 271 g/mol. The van der Waals surface area contributed by atoms with E-state index in [0.717, 1.165) is 39.3 Å². The molecule has 2 atom stereocenters. The lowest BCUT2D eigenvalue weighted by atomic mass is 10.3. The van der Waals surface area contributed by atoms with Crippen LogP contribution in [0.4, 0.5) is 0 Å². The van der Waals surface area contributed by atoms with E-state index in [2.05, 4.69) is 4.90 Å². The summed E-state index contributed by atoms with van der Waals surface area (Å²) in [5, 5.41) is 0. The molecule has 1 aliphatic carbocycles. The highest BCUT2D eigenvalue weighted by Gasteiger charge is 2.44. The maximum absolute atomic E-state index is 11.8. The van der Waals surface area contributed by atoms with E-state index in [0.29, 0.717) is 19.1 Å². The molecule has 2 rings (SSSR count). The molecule has 1 saturated heterocycles. The maximum atomic E-state index is 11.8.